The second-order valence-corrected chi connectivity index (χ2v) is 2.99. The zero-order valence-corrected chi connectivity index (χ0v) is 8.14. The van der Waals surface area contributed by atoms with Gasteiger partial charge in [-0.2, -0.15) is 0 Å². The molecule has 0 radical (unpaired) electrons. The van der Waals surface area contributed by atoms with E-state index in [1.165, 1.54) is 11.6 Å². The van der Waals surface area contributed by atoms with Crippen LogP contribution in [0.3, 0.4) is 0 Å². The Balaban J connectivity index is 2.80. The molecule has 2 aromatic heterocycles. The first kappa shape index (κ1) is 9.38. The fourth-order valence-electron chi connectivity index (χ4n) is 1.28. The molecule has 0 fully saturated rings. The Bertz CT molecular complexity index is 583. The predicted octanol–water partition coefficient (Wildman–Crippen LogP) is -0.487. The van der Waals surface area contributed by atoms with Gasteiger partial charge in [-0.25, -0.2) is 9.31 Å². The van der Waals surface area contributed by atoms with Gasteiger partial charge in [-0.15, -0.1) is 5.10 Å². The second-order valence-electron chi connectivity index (χ2n) is 2.99. The summed E-state index contributed by atoms with van der Waals surface area (Å²) >= 11 is 0. The number of rotatable bonds is 1. The van der Waals surface area contributed by atoms with Gasteiger partial charge in [0, 0.05) is 5.69 Å². The molecule has 0 aromatic carbocycles. The Morgan fingerprint density at radius 2 is 2.33 bits per heavy atom. The van der Waals surface area contributed by atoms with Gasteiger partial charge in [-0.1, -0.05) is 5.21 Å². The van der Waals surface area contributed by atoms with Crippen molar-refractivity contribution in [2.75, 3.05) is 7.11 Å². The van der Waals surface area contributed by atoms with Crippen LogP contribution in [0.5, 0.6) is 0 Å². The minimum Gasteiger partial charge on any atom is -0.464 e. The molecule has 0 saturated heterocycles. The molecule has 0 atom stereocenters. The average molecular weight is 208 g/mol. The van der Waals surface area contributed by atoms with Gasteiger partial charge < -0.3 is 9.72 Å². The Labute approximate surface area is 83.7 Å². The highest BCUT2D eigenvalue weighted by Gasteiger charge is 2.18. The van der Waals surface area contributed by atoms with Crippen molar-refractivity contribution in [1.29, 1.82) is 0 Å². The smallest absolute Gasteiger partial charge is 0.361 e. The number of aromatic amines is 1. The van der Waals surface area contributed by atoms with E-state index in [0.717, 1.165) is 0 Å². The lowest BCUT2D eigenvalue weighted by atomic mass is 10.3. The second kappa shape index (κ2) is 3.19. The van der Waals surface area contributed by atoms with Crippen LogP contribution in [0.2, 0.25) is 0 Å². The number of carbonyl (C=O) groups is 1. The molecule has 0 saturated carbocycles. The van der Waals surface area contributed by atoms with Crippen molar-refractivity contribution in [3.8, 4) is 0 Å². The quantitative estimate of drug-likeness (QED) is 0.639. The van der Waals surface area contributed by atoms with Gasteiger partial charge in [0.05, 0.1) is 13.3 Å². The topological polar surface area (TPSA) is 89.3 Å². The van der Waals surface area contributed by atoms with Gasteiger partial charge in [0.25, 0.3) is 5.56 Å². The van der Waals surface area contributed by atoms with Crippen LogP contribution in [0.15, 0.2) is 11.0 Å². The maximum Gasteiger partial charge on any atom is 0.361 e. The Hall–Kier alpha value is -2.18. The first-order valence-electron chi connectivity index (χ1n) is 4.16. The maximum atomic E-state index is 11.5. The average Bonchev–Trinajstić information content (AvgIpc) is 2.60. The van der Waals surface area contributed by atoms with E-state index < -0.39 is 11.5 Å². The van der Waals surface area contributed by atoms with Crippen molar-refractivity contribution in [2.45, 2.75) is 6.92 Å². The maximum absolute atomic E-state index is 11.5. The number of aryl methyl sites for hydroxylation is 1. The number of ether oxygens (including phenoxy) is 1. The summed E-state index contributed by atoms with van der Waals surface area (Å²) in [5.74, 6) is -0.681. The van der Waals surface area contributed by atoms with E-state index in [2.05, 4.69) is 20.0 Å². The molecule has 0 bridgehead atoms. The predicted molar refractivity (Wildman–Crippen MR) is 49.7 cm³/mol. The van der Waals surface area contributed by atoms with Crippen molar-refractivity contribution >= 4 is 11.5 Å². The molecular weight excluding hydrogens is 200 g/mol. The molecule has 1 N–H and O–H groups in total. The number of carbonyl (C=O) groups excluding carboxylic acids is 1. The van der Waals surface area contributed by atoms with E-state index in [0.29, 0.717) is 5.69 Å². The fraction of sp³-hybridized carbons (Fsp3) is 0.250. The van der Waals surface area contributed by atoms with Gasteiger partial charge in [-0.3, -0.25) is 4.79 Å². The van der Waals surface area contributed by atoms with Crippen LogP contribution in [0.25, 0.3) is 5.52 Å². The number of fused-ring (bicyclic) bond motifs is 1. The third kappa shape index (κ3) is 1.37. The molecule has 78 valence electrons. The summed E-state index contributed by atoms with van der Waals surface area (Å²) in [6, 6.07) is 0. The molecule has 0 amide bonds. The van der Waals surface area contributed by atoms with Gasteiger partial charge >= 0.3 is 5.97 Å². The molecule has 0 unspecified atom stereocenters. The van der Waals surface area contributed by atoms with Crippen LogP contribution in [0, 0.1) is 6.92 Å². The molecule has 0 aliphatic carbocycles. The molecule has 2 aromatic rings. The number of aromatic nitrogens is 4. The lowest BCUT2D eigenvalue weighted by Crippen LogP contribution is -2.14. The summed E-state index contributed by atoms with van der Waals surface area (Å²) in [5.41, 5.74) is 0.223. The number of nitrogens with zero attached hydrogens (tertiary/aromatic N) is 3. The first-order valence-corrected chi connectivity index (χ1v) is 4.16. The number of esters is 1. The minimum atomic E-state index is -0.681. The molecular formula is C8H8N4O3. The molecule has 0 aliphatic heterocycles. The molecule has 2 heterocycles. The van der Waals surface area contributed by atoms with E-state index in [-0.39, 0.29) is 11.2 Å². The summed E-state index contributed by atoms with van der Waals surface area (Å²) < 4.78 is 5.73. The first-order chi connectivity index (χ1) is 7.13. The Morgan fingerprint density at radius 3 is 3.00 bits per heavy atom. The SMILES string of the molecule is COC(=O)c1nnn2cc(C)[nH]c(=O)c12. The molecule has 7 heteroatoms. The summed E-state index contributed by atoms with van der Waals surface area (Å²) in [6.07, 6.45) is 1.57. The van der Waals surface area contributed by atoms with Crippen molar-refractivity contribution in [3.63, 3.8) is 0 Å². The minimum absolute atomic E-state index is 0.0845. The third-order valence-corrected chi connectivity index (χ3v) is 1.91. The summed E-state index contributed by atoms with van der Waals surface area (Å²) in [5, 5.41) is 7.24. The number of hydrogen-bond donors (Lipinski definition) is 1. The zero-order chi connectivity index (χ0) is 11.0. The number of hydrogen-bond acceptors (Lipinski definition) is 5. The summed E-state index contributed by atoms with van der Waals surface area (Å²) in [6.45, 7) is 1.71. The number of H-pyrrole nitrogens is 1. The Kier molecular flexibility index (Phi) is 2.00. The van der Waals surface area contributed by atoms with Gasteiger partial charge in [0.1, 0.15) is 0 Å². The Morgan fingerprint density at radius 1 is 1.60 bits per heavy atom. The highest BCUT2D eigenvalue weighted by Crippen LogP contribution is 2.03. The van der Waals surface area contributed by atoms with Crippen LogP contribution in [0.1, 0.15) is 16.2 Å². The van der Waals surface area contributed by atoms with Crippen LogP contribution in [0.4, 0.5) is 0 Å². The van der Waals surface area contributed by atoms with Gasteiger partial charge in [0.2, 0.25) is 5.69 Å². The molecule has 7 nitrogen and oxygen atoms in total. The zero-order valence-electron chi connectivity index (χ0n) is 8.14. The standard InChI is InChI=1S/C8H8N4O3/c1-4-3-12-6(7(13)9-4)5(10-11-12)8(14)15-2/h3H,1-2H3,(H,9,13). The van der Waals surface area contributed by atoms with Crippen molar-refractivity contribution in [3.05, 3.63) is 27.9 Å². The van der Waals surface area contributed by atoms with Crippen LogP contribution in [-0.2, 0) is 4.74 Å². The normalized spacial score (nSPS) is 10.5. The van der Waals surface area contributed by atoms with Crippen molar-refractivity contribution in [1.82, 2.24) is 19.8 Å². The van der Waals surface area contributed by atoms with E-state index in [9.17, 15) is 9.59 Å². The largest absolute Gasteiger partial charge is 0.464 e. The highest BCUT2D eigenvalue weighted by molar-refractivity contribution is 5.94. The van der Waals surface area contributed by atoms with Crippen LogP contribution < -0.4 is 5.56 Å². The third-order valence-electron chi connectivity index (χ3n) is 1.91. The number of nitrogens with one attached hydrogen (secondary N) is 1. The van der Waals surface area contributed by atoms with Gasteiger partial charge in [-0.05, 0) is 6.92 Å². The van der Waals surface area contributed by atoms with Crippen molar-refractivity contribution in [2.24, 2.45) is 0 Å². The molecule has 0 spiro atoms. The van der Waals surface area contributed by atoms with E-state index in [4.69, 9.17) is 0 Å². The monoisotopic (exact) mass is 208 g/mol. The lowest BCUT2D eigenvalue weighted by molar-refractivity contribution is 0.0596. The van der Waals surface area contributed by atoms with Crippen LogP contribution in [-0.4, -0.2) is 32.9 Å². The highest BCUT2D eigenvalue weighted by atomic mass is 16.5. The van der Waals surface area contributed by atoms with E-state index >= 15 is 0 Å². The molecule has 15 heavy (non-hydrogen) atoms. The van der Waals surface area contributed by atoms with E-state index in [1.807, 2.05) is 0 Å². The van der Waals surface area contributed by atoms with Crippen molar-refractivity contribution < 1.29 is 9.53 Å². The van der Waals surface area contributed by atoms with Gasteiger partial charge in [0.15, 0.2) is 5.52 Å². The fourth-order valence-corrected chi connectivity index (χ4v) is 1.28. The van der Waals surface area contributed by atoms with E-state index in [1.54, 1.807) is 13.1 Å². The summed E-state index contributed by atoms with van der Waals surface area (Å²) in [4.78, 5) is 25.3. The number of methoxy groups -OCH3 is 1. The molecule has 0 aliphatic rings. The lowest BCUT2D eigenvalue weighted by Gasteiger charge is -1.95. The molecule has 2 rings (SSSR count). The summed E-state index contributed by atoms with van der Waals surface area (Å²) in [7, 11) is 1.22. The van der Waals surface area contributed by atoms with Crippen LogP contribution >= 0.6 is 0 Å².